The van der Waals surface area contributed by atoms with Crippen molar-refractivity contribution in [2.45, 2.75) is 25.5 Å². The molecule has 0 spiro atoms. The first-order chi connectivity index (χ1) is 9.19. The van der Waals surface area contributed by atoms with Gasteiger partial charge in [-0.25, -0.2) is 4.39 Å². The Hall–Kier alpha value is -1.86. The Morgan fingerprint density at radius 3 is 3.05 bits per heavy atom. The van der Waals surface area contributed by atoms with Crippen molar-refractivity contribution in [3.63, 3.8) is 0 Å². The van der Waals surface area contributed by atoms with Gasteiger partial charge in [-0.2, -0.15) is 5.26 Å². The van der Waals surface area contributed by atoms with Crippen molar-refractivity contribution in [1.82, 2.24) is 4.90 Å². The van der Waals surface area contributed by atoms with Crippen molar-refractivity contribution in [1.29, 1.82) is 5.26 Å². The highest BCUT2D eigenvalue weighted by Gasteiger charge is 2.15. The highest BCUT2D eigenvalue weighted by molar-refractivity contribution is 5.33. The number of ether oxygens (including phenoxy) is 1. The van der Waals surface area contributed by atoms with Crippen LogP contribution in [0, 0.1) is 17.1 Å². The summed E-state index contributed by atoms with van der Waals surface area (Å²) >= 11 is 0. The second-order valence-corrected chi connectivity index (χ2v) is 4.82. The molecule has 19 heavy (non-hydrogen) atoms. The highest BCUT2D eigenvalue weighted by atomic mass is 19.1. The van der Waals surface area contributed by atoms with Crippen molar-refractivity contribution >= 4 is 0 Å². The minimum absolute atomic E-state index is 0.164. The Morgan fingerprint density at radius 2 is 2.37 bits per heavy atom. The lowest BCUT2D eigenvalue weighted by Crippen LogP contribution is -2.31. The molecule has 0 unspecified atom stereocenters. The maximum atomic E-state index is 13.7. The number of likely N-dealkylation sites (N-methyl/N-ethyl adjacent to an activating group) is 1. The largest absolute Gasteiger partial charge is 0.497 e. The van der Waals surface area contributed by atoms with E-state index in [-0.39, 0.29) is 11.9 Å². The molecule has 2 rings (SSSR count). The fourth-order valence-corrected chi connectivity index (χ4v) is 2.19. The van der Waals surface area contributed by atoms with Crippen LogP contribution in [0.25, 0.3) is 0 Å². The van der Waals surface area contributed by atoms with Gasteiger partial charge in [-0.3, -0.25) is 4.90 Å². The lowest BCUT2D eigenvalue weighted by molar-refractivity contribution is 0.0856. The van der Waals surface area contributed by atoms with Gasteiger partial charge in [0, 0.05) is 18.7 Å². The summed E-state index contributed by atoms with van der Waals surface area (Å²) in [5, 5.41) is 8.83. The van der Waals surface area contributed by atoms with Gasteiger partial charge in [0.15, 0.2) is 0 Å². The Morgan fingerprint density at radius 1 is 1.53 bits per heavy atom. The summed E-state index contributed by atoms with van der Waals surface area (Å²) in [6, 6.07) is 6.48. The molecule has 1 aromatic carbocycles. The Balaban J connectivity index is 1.96. The van der Waals surface area contributed by atoms with E-state index in [4.69, 9.17) is 10.00 Å². The molecule has 3 nitrogen and oxygen atoms in total. The predicted octanol–water partition coefficient (Wildman–Crippen LogP) is 2.82. The maximum absolute atomic E-state index is 13.7. The average Bonchev–Trinajstić information content (AvgIpc) is 2.42. The van der Waals surface area contributed by atoms with Gasteiger partial charge in [0.05, 0.1) is 17.9 Å². The first-order valence-corrected chi connectivity index (χ1v) is 6.36. The molecule has 0 radical (unpaired) electrons. The third-order valence-electron chi connectivity index (χ3n) is 3.15. The monoisotopic (exact) mass is 260 g/mol. The topological polar surface area (TPSA) is 36.3 Å². The summed E-state index contributed by atoms with van der Waals surface area (Å²) in [4.78, 5) is 2.02. The molecule has 0 fully saturated rings. The molecule has 0 saturated heterocycles. The van der Waals surface area contributed by atoms with E-state index >= 15 is 0 Å². The van der Waals surface area contributed by atoms with Gasteiger partial charge in [-0.05, 0) is 44.2 Å². The molecular formula is C15H17FN2O. The molecule has 4 heteroatoms. The maximum Gasteiger partial charge on any atom is 0.127 e. The molecular weight excluding hydrogens is 243 g/mol. The van der Waals surface area contributed by atoms with E-state index in [2.05, 4.69) is 0 Å². The number of rotatable bonds is 4. The first-order valence-electron chi connectivity index (χ1n) is 6.36. The molecule has 1 atom stereocenters. The third kappa shape index (κ3) is 3.80. The number of hydrogen-bond acceptors (Lipinski definition) is 3. The number of halogens is 1. The Labute approximate surface area is 112 Å². The predicted molar refractivity (Wildman–Crippen MR) is 70.7 cm³/mol. The summed E-state index contributed by atoms with van der Waals surface area (Å²) in [7, 11) is 1.93. The first kappa shape index (κ1) is 13.6. The van der Waals surface area contributed by atoms with Gasteiger partial charge in [0.25, 0.3) is 0 Å². The molecule has 0 saturated carbocycles. The Kier molecular flexibility index (Phi) is 4.53. The van der Waals surface area contributed by atoms with Crippen LogP contribution in [0.5, 0.6) is 0 Å². The zero-order valence-corrected chi connectivity index (χ0v) is 11.0. The average molecular weight is 260 g/mol. The molecule has 0 aliphatic carbocycles. The molecule has 0 N–H and O–H groups in total. The molecule has 1 aliphatic rings. The van der Waals surface area contributed by atoms with Crippen LogP contribution in [0.3, 0.4) is 0 Å². The smallest absolute Gasteiger partial charge is 0.127 e. The summed E-state index contributed by atoms with van der Waals surface area (Å²) < 4.78 is 19.2. The van der Waals surface area contributed by atoms with E-state index in [9.17, 15) is 4.39 Å². The van der Waals surface area contributed by atoms with Gasteiger partial charge in [-0.15, -0.1) is 0 Å². The number of hydrogen-bond donors (Lipinski definition) is 0. The minimum atomic E-state index is -0.268. The number of allylic oxidation sites excluding steroid dienone is 1. The van der Waals surface area contributed by atoms with Gasteiger partial charge < -0.3 is 4.74 Å². The van der Waals surface area contributed by atoms with Crippen LogP contribution < -0.4 is 0 Å². The van der Waals surface area contributed by atoms with Crippen LogP contribution >= 0.6 is 0 Å². The van der Waals surface area contributed by atoms with Crippen molar-refractivity contribution in [2.24, 2.45) is 0 Å². The number of benzene rings is 1. The van der Waals surface area contributed by atoms with E-state index in [0.717, 1.165) is 19.4 Å². The zero-order chi connectivity index (χ0) is 13.7. The van der Waals surface area contributed by atoms with Crippen LogP contribution in [0.15, 0.2) is 30.5 Å². The van der Waals surface area contributed by atoms with E-state index in [1.54, 1.807) is 12.3 Å². The second-order valence-electron chi connectivity index (χ2n) is 4.82. The van der Waals surface area contributed by atoms with Crippen molar-refractivity contribution in [3.8, 4) is 6.07 Å². The van der Waals surface area contributed by atoms with Crippen molar-refractivity contribution < 1.29 is 9.13 Å². The van der Waals surface area contributed by atoms with Crippen LogP contribution in [0.4, 0.5) is 4.39 Å². The van der Waals surface area contributed by atoms with Gasteiger partial charge in [0.1, 0.15) is 11.9 Å². The summed E-state index contributed by atoms with van der Waals surface area (Å²) in [6.07, 6.45) is 5.92. The molecule has 1 aromatic rings. The van der Waals surface area contributed by atoms with E-state index in [0.29, 0.717) is 17.7 Å². The van der Waals surface area contributed by atoms with Crippen molar-refractivity contribution in [3.05, 3.63) is 47.5 Å². The molecule has 100 valence electrons. The third-order valence-corrected chi connectivity index (χ3v) is 3.15. The summed E-state index contributed by atoms with van der Waals surface area (Å²) in [6.45, 7) is 1.23. The van der Waals surface area contributed by atoms with E-state index in [1.807, 2.05) is 24.1 Å². The summed E-state index contributed by atoms with van der Waals surface area (Å²) in [5.41, 5.74) is 1.04. The van der Waals surface area contributed by atoms with Crippen LogP contribution in [0.1, 0.15) is 24.0 Å². The van der Waals surface area contributed by atoms with Crippen molar-refractivity contribution in [2.75, 3.05) is 13.6 Å². The lowest BCUT2D eigenvalue weighted by atomic mass is 10.1. The molecule has 1 heterocycles. The Bertz CT molecular complexity index is 507. The fraction of sp³-hybridized carbons (Fsp3) is 0.400. The van der Waals surface area contributed by atoms with Gasteiger partial charge >= 0.3 is 0 Å². The standard InChI is InChI=1S/C15H17FN2O/c1-18(11-14-4-2-3-7-19-14)10-13-8-12(9-17)5-6-15(13)16/h3,5-8,14H,2,4,10-11H2,1H3/t14-/m0/s1. The highest BCUT2D eigenvalue weighted by Crippen LogP contribution is 2.15. The second kappa shape index (κ2) is 6.35. The summed E-state index contributed by atoms with van der Waals surface area (Å²) in [5.74, 6) is -0.268. The van der Waals surface area contributed by atoms with Gasteiger partial charge in [0.2, 0.25) is 0 Å². The molecule has 0 bridgehead atoms. The fourth-order valence-electron chi connectivity index (χ4n) is 2.19. The molecule has 1 aliphatic heterocycles. The van der Waals surface area contributed by atoms with Gasteiger partial charge in [-0.1, -0.05) is 0 Å². The van der Waals surface area contributed by atoms with Crippen LogP contribution in [0.2, 0.25) is 0 Å². The van der Waals surface area contributed by atoms with E-state index in [1.165, 1.54) is 12.1 Å². The number of nitrogens with zero attached hydrogens (tertiary/aromatic N) is 2. The normalized spacial score (nSPS) is 18.1. The quantitative estimate of drug-likeness (QED) is 0.835. The molecule has 0 amide bonds. The lowest BCUT2D eigenvalue weighted by Gasteiger charge is -2.25. The molecule has 0 aromatic heterocycles. The van der Waals surface area contributed by atoms with E-state index < -0.39 is 0 Å². The van der Waals surface area contributed by atoms with Crippen LogP contribution in [-0.4, -0.2) is 24.6 Å². The zero-order valence-electron chi connectivity index (χ0n) is 11.0. The minimum Gasteiger partial charge on any atom is -0.497 e. The SMILES string of the molecule is CN(Cc1cc(C#N)ccc1F)C[C@@H]1CCC=CO1. The number of nitriles is 1. The van der Waals surface area contributed by atoms with Crippen LogP contribution in [-0.2, 0) is 11.3 Å².